The smallest absolute Gasteiger partial charge is 0.387 e. The molecule has 0 aliphatic carbocycles. The van der Waals surface area contributed by atoms with E-state index in [1.54, 1.807) is 44.8 Å². The Balaban J connectivity index is 1.77. The molecule has 0 N–H and O–H groups in total. The maximum Gasteiger partial charge on any atom is 0.387 e. The summed E-state index contributed by atoms with van der Waals surface area (Å²) < 4.78 is 54.0. The third-order valence-electron chi connectivity index (χ3n) is 5.29. The van der Waals surface area contributed by atoms with E-state index in [1.165, 1.54) is 38.1 Å². The first-order valence-corrected chi connectivity index (χ1v) is 11.7. The lowest BCUT2D eigenvalue weighted by Crippen LogP contribution is -2.07. The van der Waals surface area contributed by atoms with Crippen molar-refractivity contribution in [2.75, 3.05) is 28.4 Å². The second-order valence-electron chi connectivity index (χ2n) is 7.28. The summed E-state index contributed by atoms with van der Waals surface area (Å²) >= 11 is 1.40. The van der Waals surface area contributed by atoms with Gasteiger partial charge in [0, 0.05) is 36.3 Å². The van der Waals surface area contributed by atoms with Crippen LogP contribution in [0.2, 0.25) is 0 Å². The monoisotopic (exact) mass is 518 g/mol. The number of hydrogen-bond donors (Lipinski definition) is 0. The van der Waals surface area contributed by atoms with Crippen LogP contribution in [0, 0.1) is 0 Å². The molecule has 0 bridgehead atoms. The van der Waals surface area contributed by atoms with Gasteiger partial charge in [0.05, 0.1) is 51.7 Å². The normalized spacial score (nSPS) is 11.1. The van der Waals surface area contributed by atoms with Gasteiger partial charge < -0.3 is 28.3 Å². The number of thioether (sulfide) groups is 1. The highest BCUT2D eigenvalue weighted by Gasteiger charge is 2.20. The Morgan fingerprint density at radius 1 is 0.861 bits per heavy atom. The number of nitrogens with zero attached hydrogens (tertiary/aromatic N) is 4. The molecule has 0 amide bonds. The highest BCUT2D eigenvalue weighted by Crippen LogP contribution is 2.36. The molecule has 0 saturated heterocycles. The molecule has 0 spiro atoms. The van der Waals surface area contributed by atoms with Gasteiger partial charge in [-0.3, -0.25) is 9.97 Å². The summed E-state index contributed by atoms with van der Waals surface area (Å²) in [5.41, 5.74) is 2.44. The van der Waals surface area contributed by atoms with Crippen molar-refractivity contribution in [2.24, 2.45) is 0 Å². The molecule has 9 nitrogen and oxygen atoms in total. The number of ether oxygens (including phenoxy) is 5. The molecule has 12 heteroatoms. The molecular weight excluding hydrogens is 494 g/mol. The summed E-state index contributed by atoms with van der Waals surface area (Å²) in [7, 11) is 6.17. The van der Waals surface area contributed by atoms with Crippen LogP contribution >= 0.6 is 11.8 Å². The fourth-order valence-electron chi connectivity index (χ4n) is 3.72. The van der Waals surface area contributed by atoms with E-state index in [0.717, 1.165) is 0 Å². The van der Waals surface area contributed by atoms with Gasteiger partial charge in [0.15, 0.2) is 28.2 Å². The van der Waals surface area contributed by atoms with Crippen molar-refractivity contribution in [3.05, 3.63) is 54.1 Å². The van der Waals surface area contributed by atoms with Crippen LogP contribution in [0.25, 0.3) is 11.0 Å². The van der Waals surface area contributed by atoms with Gasteiger partial charge in [0.25, 0.3) is 0 Å². The Labute approximate surface area is 210 Å². The third kappa shape index (κ3) is 5.23. The summed E-state index contributed by atoms with van der Waals surface area (Å²) in [4.78, 5) is 13.6. The Kier molecular flexibility index (Phi) is 7.93. The molecule has 0 unspecified atom stereocenters. The SMILES string of the molecule is COc1ccnc(CSc2nc3ccc(OC(F)F)cc3n2Cc2nccc(OC)c2OC)c1OC. The maximum absolute atomic E-state index is 12.9. The summed E-state index contributed by atoms with van der Waals surface area (Å²) in [6.07, 6.45) is 3.25. The zero-order chi connectivity index (χ0) is 25.7. The number of rotatable bonds is 11. The van der Waals surface area contributed by atoms with Crippen molar-refractivity contribution in [2.45, 2.75) is 24.1 Å². The van der Waals surface area contributed by atoms with Crippen LogP contribution in [0.15, 0.2) is 47.9 Å². The molecule has 0 atom stereocenters. The lowest BCUT2D eigenvalue weighted by Gasteiger charge is -2.15. The second-order valence-corrected chi connectivity index (χ2v) is 8.23. The third-order valence-corrected chi connectivity index (χ3v) is 6.28. The van der Waals surface area contributed by atoms with E-state index in [9.17, 15) is 8.78 Å². The average Bonchev–Trinajstić information content (AvgIpc) is 3.22. The largest absolute Gasteiger partial charge is 0.493 e. The number of fused-ring (bicyclic) bond motifs is 1. The molecule has 3 aromatic heterocycles. The van der Waals surface area contributed by atoms with Crippen molar-refractivity contribution in [3.63, 3.8) is 0 Å². The van der Waals surface area contributed by atoms with Crippen molar-refractivity contribution >= 4 is 22.8 Å². The first-order valence-electron chi connectivity index (χ1n) is 10.7. The molecule has 0 radical (unpaired) electrons. The Morgan fingerprint density at radius 2 is 1.50 bits per heavy atom. The first-order chi connectivity index (χ1) is 17.5. The zero-order valence-electron chi connectivity index (χ0n) is 20.0. The minimum atomic E-state index is -2.94. The quantitative estimate of drug-likeness (QED) is 0.260. The number of benzene rings is 1. The van der Waals surface area contributed by atoms with E-state index < -0.39 is 6.61 Å². The number of methoxy groups -OCH3 is 4. The number of hydrogen-bond acceptors (Lipinski definition) is 9. The van der Waals surface area contributed by atoms with Gasteiger partial charge >= 0.3 is 6.61 Å². The Hall–Kier alpha value is -3.80. The molecular formula is C24H24F2N4O5S. The molecule has 190 valence electrons. The molecule has 0 aliphatic heterocycles. The molecule has 4 aromatic rings. The lowest BCUT2D eigenvalue weighted by molar-refractivity contribution is -0.0497. The molecule has 4 rings (SSSR count). The predicted octanol–water partition coefficient (Wildman–Crippen LogP) is 4.80. The highest BCUT2D eigenvalue weighted by molar-refractivity contribution is 7.98. The van der Waals surface area contributed by atoms with Crippen molar-refractivity contribution in [3.8, 4) is 28.7 Å². The van der Waals surface area contributed by atoms with Crippen LogP contribution in [-0.2, 0) is 12.3 Å². The molecule has 0 fully saturated rings. The first kappa shape index (κ1) is 25.3. The summed E-state index contributed by atoms with van der Waals surface area (Å²) in [5.74, 6) is 2.51. The number of aromatic nitrogens is 4. The van der Waals surface area contributed by atoms with Crippen LogP contribution in [-0.4, -0.2) is 54.6 Å². The van der Waals surface area contributed by atoms with Gasteiger partial charge in [-0.1, -0.05) is 11.8 Å². The minimum absolute atomic E-state index is 0.0249. The standard InChI is InChI=1S/C24H24F2N4O5S/c1-31-19-7-9-27-16(21(19)33-3)12-30-18-11-14(35-23(25)26)5-6-15(18)29-24(30)36-13-17-22(34-4)20(32-2)8-10-28-17/h5-11,23H,12-13H2,1-4H3. The highest BCUT2D eigenvalue weighted by atomic mass is 32.2. The lowest BCUT2D eigenvalue weighted by atomic mass is 10.2. The molecule has 0 aliphatic rings. The van der Waals surface area contributed by atoms with Crippen molar-refractivity contribution < 1.29 is 32.5 Å². The molecule has 1 aromatic carbocycles. The van der Waals surface area contributed by atoms with Gasteiger partial charge in [0.2, 0.25) is 0 Å². The van der Waals surface area contributed by atoms with E-state index in [2.05, 4.69) is 14.7 Å². The van der Waals surface area contributed by atoms with Gasteiger partial charge in [-0.2, -0.15) is 8.78 Å². The second kappa shape index (κ2) is 11.3. The predicted molar refractivity (Wildman–Crippen MR) is 130 cm³/mol. The van der Waals surface area contributed by atoms with Crippen LogP contribution in [0.1, 0.15) is 11.4 Å². The van der Waals surface area contributed by atoms with Crippen molar-refractivity contribution in [1.82, 2.24) is 19.5 Å². The van der Waals surface area contributed by atoms with Crippen LogP contribution in [0.4, 0.5) is 8.78 Å². The van der Waals surface area contributed by atoms with E-state index in [4.69, 9.17) is 23.9 Å². The molecule has 3 heterocycles. The number of pyridine rings is 2. The van der Waals surface area contributed by atoms with Gasteiger partial charge in [-0.05, 0) is 12.1 Å². The number of alkyl halides is 2. The van der Waals surface area contributed by atoms with Gasteiger partial charge in [-0.15, -0.1) is 0 Å². The zero-order valence-corrected chi connectivity index (χ0v) is 20.8. The summed E-state index contributed by atoms with van der Waals surface area (Å²) in [5, 5.41) is 0.609. The van der Waals surface area contributed by atoms with Crippen LogP contribution in [0.3, 0.4) is 0 Å². The minimum Gasteiger partial charge on any atom is -0.493 e. The van der Waals surface area contributed by atoms with E-state index in [0.29, 0.717) is 56.3 Å². The topological polar surface area (TPSA) is 89.8 Å². The average molecular weight is 519 g/mol. The van der Waals surface area contributed by atoms with Gasteiger partial charge in [0.1, 0.15) is 11.4 Å². The number of halogens is 2. The van der Waals surface area contributed by atoms with E-state index in [-0.39, 0.29) is 12.3 Å². The van der Waals surface area contributed by atoms with Gasteiger partial charge in [-0.25, -0.2) is 4.98 Å². The Bertz CT molecular complexity index is 1350. The maximum atomic E-state index is 12.9. The van der Waals surface area contributed by atoms with Crippen LogP contribution < -0.4 is 23.7 Å². The van der Waals surface area contributed by atoms with Crippen LogP contribution in [0.5, 0.6) is 28.7 Å². The molecule has 36 heavy (non-hydrogen) atoms. The number of imidazole rings is 1. The van der Waals surface area contributed by atoms with E-state index in [1.807, 2.05) is 4.57 Å². The fourth-order valence-corrected chi connectivity index (χ4v) is 4.67. The Morgan fingerprint density at radius 3 is 2.11 bits per heavy atom. The molecule has 0 saturated carbocycles. The summed E-state index contributed by atoms with van der Waals surface area (Å²) in [6, 6.07) is 8.02. The van der Waals surface area contributed by atoms with E-state index >= 15 is 0 Å². The fraction of sp³-hybridized carbons (Fsp3) is 0.292. The van der Waals surface area contributed by atoms with Crippen molar-refractivity contribution in [1.29, 1.82) is 0 Å². The summed E-state index contributed by atoms with van der Waals surface area (Å²) in [6.45, 7) is -2.71.